The Kier molecular flexibility index (Phi) is 4.76. The first-order valence-corrected chi connectivity index (χ1v) is 6.78. The van der Waals surface area contributed by atoms with Crippen LogP contribution >= 0.6 is 23.8 Å². The standard InChI is InChI=1S/C13H15ClN4S/c1-2-18-8-7-12(17-18)16-13(19)15-9-10-3-5-11(14)6-4-10/h3-8H,2,9H2,1H3,(H2,15,16,17,19). The molecular formula is C13H15ClN4S. The zero-order valence-corrected chi connectivity index (χ0v) is 12.1. The van der Waals surface area contributed by atoms with E-state index >= 15 is 0 Å². The molecule has 0 bridgehead atoms. The van der Waals surface area contributed by atoms with Crippen molar-refractivity contribution in [2.24, 2.45) is 0 Å². The molecule has 1 heterocycles. The van der Waals surface area contributed by atoms with E-state index in [9.17, 15) is 0 Å². The number of nitrogens with zero attached hydrogens (tertiary/aromatic N) is 2. The van der Waals surface area contributed by atoms with Crippen LogP contribution in [0.1, 0.15) is 12.5 Å². The topological polar surface area (TPSA) is 41.9 Å². The molecule has 0 saturated carbocycles. The minimum atomic E-state index is 0.552. The molecule has 0 aliphatic heterocycles. The lowest BCUT2D eigenvalue weighted by Crippen LogP contribution is -2.28. The summed E-state index contributed by atoms with van der Waals surface area (Å²) in [5.41, 5.74) is 1.12. The van der Waals surface area contributed by atoms with Crippen LogP contribution in [0, 0.1) is 0 Å². The predicted octanol–water partition coefficient (Wildman–Crippen LogP) is 3.04. The molecule has 0 spiro atoms. The smallest absolute Gasteiger partial charge is 0.172 e. The predicted molar refractivity (Wildman–Crippen MR) is 82.4 cm³/mol. The summed E-state index contributed by atoms with van der Waals surface area (Å²) in [5.74, 6) is 0.746. The molecule has 0 amide bonds. The number of thiocarbonyl (C=S) groups is 1. The van der Waals surface area contributed by atoms with Crippen molar-refractivity contribution in [2.75, 3.05) is 5.32 Å². The van der Waals surface area contributed by atoms with E-state index in [4.69, 9.17) is 23.8 Å². The van der Waals surface area contributed by atoms with Gasteiger partial charge in [-0.15, -0.1) is 0 Å². The fourth-order valence-corrected chi connectivity index (χ4v) is 1.85. The highest BCUT2D eigenvalue weighted by atomic mass is 35.5. The molecule has 1 aromatic heterocycles. The molecule has 0 radical (unpaired) electrons. The first-order chi connectivity index (χ1) is 9.17. The lowest BCUT2D eigenvalue weighted by molar-refractivity contribution is 0.662. The number of halogens is 1. The van der Waals surface area contributed by atoms with E-state index in [1.807, 2.05) is 48.1 Å². The fourth-order valence-electron chi connectivity index (χ4n) is 1.55. The third-order valence-corrected chi connectivity index (χ3v) is 3.07. The Morgan fingerprint density at radius 1 is 1.32 bits per heavy atom. The quantitative estimate of drug-likeness (QED) is 0.851. The first kappa shape index (κ1) is 13.8. The van der Waals surface area contributed by atoms with E-state index in [-0.39, 0.29) is 0 Å². The SMILES string of the molecule is CCn1ccc(NC(=S)NCc2ccc(Cl)cc2)n1. The van der Waals surface area contributed by atoms with Crippen molar-refractivity contribution in [3.8, 4) is 0 Å². The van der Waals surface area contributed by atoms with Crippen molar-refractivity contribution in [3.05, 3.63) is 47.1 Å². The van der Waals surface area contributed by atoms with E-state index in [0.717, 1.165) is 22.9 Å². The Morgan fingerprint density at radius 2 is 2.05 bits per heavy atom. The maximum atomic E-state index is 5.83. The Labute approximate surface area is 122 Å². The molecule has 0 aliphatic carbocycles. The third-order valence-electron chi connectivity index (χ3n) is 2.57. The molecule has 100 valence electrons. The van der Waals surface area contributed by atoms with E-state index in [0.29, 0.717) is 11.7 Å². The molecule has 2 N–H and O–H groups in total. The highest BCUT2D eigenvalue weighted by molar-refractivity contribution is 7.80. The number of nitrogens with one attached hydrogen (secondary N) is 2. The van der Waals surface area contributed by atoms with E-state index in [1.54, 1.807) is 0 Å². The van der Waals surface area contributed by atoms with Gasteiger partial charge in [0.15, 0.2) is 10.9 Å². The Bertz CT molecular complexity index is 550. The number of anilines is 1. The summed E-state index contributed by atoms with van der Waals surface area (Å²) < 4.78 is 1.84. The summed E-state index contributed by atoms with van der Waals surface area (Å²) in [6, 6.07) is 9.53. The Morgan fingerprint density at radius 3 is 2.68 bits per heavy atom. The molecule has 19 heavy (non-hydrogen) atoms. The fraction of sp³-hybridized carbons (Fsp3) is 0.231. The van der Waals surface area contributed by atoms with Gasteiger partial charge in [-0.3, -0.25) is 4.68 Å². The summed E-state index contributed by atoms with van der Waals surface area (Å²) in [4.78, 5) is 0. The number of hydrogen-bond acceptors (Lipinski definition) is 2. The van der Waals surface area contributed by atoms with Crippen LogP contribution in [0.25, 0.3) is 0 Å². The lowest BCUT2D eigenvalue weighted by atomic mass is 10.2. The van der Waals surface area contributed by atoms with Gasteiger partial charge in [0.1, 0.15) is 0 Å². The monoisotopic (exact) mass is 294 g/mol. The van der Waals surface area contributed by atoms with Crippen LogP contribution in [0.3, 0.4) is 0 Å². The number of hydrogen-bond donors (Lipinski definition) is 2. The molecule has 2 aromatic rings. The average Bonchev–Trinajstić information content (AvgIpc) is 2.86. The molecule has 0 unspecified atom stereocenters. The molecule has 4 nitrogen and oxygen atoms in total. The summed E-state index contributed by atoms with van der Waals surface area (Å²) in [7, 11) is 0. The van der Waals surface area contributed by atoms with Crippen molar-refractivity contribution < 1.29 is 0 Å². The van der Waals surface area contributed by atoms with E-state index in [2.05, 4.69) is 15.7 Å². The summed E-state index contributed by atoms with van der Waals surface area (Å²) in [6.07, 6.45) is 1.91. The lowest BCUT2D eigenvalue weighted by Gasteiger charge is -2.08. The van der Waals surface area contributed by atoms with Crippen molar-refractivity contribution >= 4 is 34.7 Å². The van der Waals surface area contributed by atoms with Gasteiger partial charge in [-0.1, -0.05) is 23.7 Å². The Hall–Kier alpha value is -1.59. The normalized spacial score (nSPS) is 10.2. The molecule has 0 aliphatic rings. The zero-order chi connectivity index (χ0) is 13.7. The van der Waals surface area contributed by atoms with E-state index in [1.165, 1.54) is 0 Å². The van der Waals surface area contributed by atoms with Crippen molar-refractivity contribution in [3.63, 3.8) is 0 Å². The molecule has 2 rings (SSSR count). The molecule has 0 atom stereocenters. The summed E-state index contributed by atoms with van der Waals surface area (Å²) in [5, 5.41) is 11.7. The van der Waals surface area contributed by atoms with Crippen LogP contribution in [-0.4, -0.2) is 14.9 Å². The van der Waals surface area contributed by atoms with E-state index < -0.39 is 0 Å². The van der Waals surface area contributed by atoms with Crippen LogP contribution in [0.2, 0.25) is 5.02 Å². The molecule has 0 saturated heterocycles. The largest absolute Gasteiger partial charge is 0.358 e. The van der Waals surface area contributed by atoms with Gasteiger partial charge in [-0.2, -0.15) is 5.10 Å². The van der Waals surface area contributed by atoms with Crippen molar-refractivity contribution in [2.45, 2.75) is 20.0 Å². The van der Waals surface area contributed by atoms with Gasteiger partial charge in [0.05, 0.1) is 0 Å². The maximum absolute atomic E-state index is 5.83. The van der Waals surface area contributed by atoms with Crippen LogP contribution in [-0.2, 0) is 13.1 Å². The van der Waals surface area contributed by atoms with Crippen LogP contribution < -0.4 is 10.6 Å². The highest BCUT2D eigenvalue weighted by Crippen LogP contribution is 2.09. The van der Waals surface area contributed by atoms with Gasteiger partial charge in [-0.25, -0.2) is 0 Å². The summed E-state index contributed by atoms with van der Waals surface area (Å²) >= 11 is 11.0. The van der Waals surface area contributed by atoms with Gasteiger partial charge < -0.3 is 10.6 Å². The molecule has 6 heteroatoms. The van der Waals surface area contributed by atoms with Gasteiger partial charge in [0.2, 0.25) is 0 Å². The Balaban J connectivity index is 1.82. The second kappa shape index (κ2) is 6.54. The molecule has 0 fully saturated rings. The maximum Gasteiger partial charge on any atom is 0.172 e. The minimum absolute atomic E-state index is 0.552. The van der Waals surface area contributed by atoms with Gasteiger partial charge in [0.25, 0.3) is 0 Å². The number of benzene rings is 1. The number of aromatic nitrogens is 2. The highest BCUT2D eigenvalue weighted by Gasteiger charge is 2.01. The van der Waals surface area contributed by atoms with Crippen molar-refractivity contribution in [1.82, 2.24) is 15.1 Å². The van der Waals surface area contributed by atoms with Gasteiger partial charge >= 0.3 is 0 Å². The van der Waals surface area contributed by atoms with Gasteiger partial charge in [-0.05, 0) is 36.8 Å². The van der Waals surface area contributed by atoms with Crippen LogP contribution in [0.4, 0.5) is 5.82 Å². The number of rotatable bonds is 4. The van der Waals surface area contributed by atoms with Crippen LogP contribution in [0.5, 0.6) is 0 Å². The molecule has 1 aromatic carbocycles. The summed E-state index contributed by atoms with van der Waals surface area (Å²) in [6.45, 7) is 3.53. The van der Waals surface area contributed by atoms with Crippen molar-refractivity contribution in [1.29, 1.82) is 0 Å². The molecular weight excluding hydrogens is 280 g/mol. The average molecular weight is 295 g/mol. The zero-order valence-electron chi connectivity index (χ0n) is 10.6. The minimum Gasteiger partial charge on any atom is -0.358 e. The van der Waals surface area contributed by atoms with Gasteiger partial charge in [0, 0.05) is 30.4 Å². The third kappa shape index (κ3) is 4.22. The second-order valence-corrected chi connectivity index (χ2v) is 4.84. The van der Waals surface area contributed by atoms with Crippen LogP contribution in [0.15, 0.2) is 36.5 Å². The second-order valence-electron chi connectivity index (χ2n) is 3.99. The first-order valence-electron chi connectivity index (χ1n) is 6.00. The number of aryl methyl sites for hydroxylation is 1.